The highest BCUT2D eigenvalue weighted by atomic mass is 35.5. The predicted octanol–water partition coefficient (Wildman–Crippen LogP) is 3.91. The third-order valence-electron chi connectivity index (χ3n) is 4.45. The molecule has 1 saturated heterocycles. The van der Waals surface area contributed by atoms with Crippen LogP contribution in [0.25, 0.3) is 10.6 Å². The van der Waals surface area contributed by atoms with Crippen molar-refractivity contribution in [3.63, 3.8) is 0 Å². The van der Waals surface area contributed by atoms with E-state index >= 15 is 0 Å². The average molecular weight is 391 g/mol. The second-order valence-corrected chi connectivity index (χ2v) is 6.98. The monoisotopic (exact) mass is 390 g/mol. The lowest BCUT2D eigenvalue weighted by molar-refractivity contribution is 0.152. The molecule has 0 radical (unpaired) electrons. The van der Waals surface area contributed by atoms with Crippen molar-refractivity contribution in [2.24, 2.45) is 0 Å². The van der Waals surface area contributed by atoms with E-state index in [0.717, 1.165) is 42.4 Å². The quantitative estimate of drug-likeness (QED) is 0.733. The summed E-state index contributed by atoms with van der Waals surface area (Å²) in [7, 11) is 0. The highest BCUT2D eigenvalue weighted by Crippen LogP contribution is 2.27. The first-order valence-corrected chi connectivity index (χ1v) is 9.22. The van der Waals surface area contributed by atoms with Crippen LogP contribution in [0.1, 0.15) is 17.3 Å². The zero-order chi connectivity index (χ0) is 17.1. The highest BCUT2D eigenvalue weighted by Gasteiger charge is 2.24. The number of halogens is 2. The fourth-order valence-electron chi connectivity index (χ4n) is 3.16. The van der Waals surface area contributed by atoms with Gasteiger partial charge in [-0.05, 0) is 42.0 Å². The summed E-state index contributed by atoms with van der Waals surface area (Å²) in [6.45, 7) is 3.71. The largest absolute Gasteiger partial charge is 0.314 e. The van der Waals surface area contributed by atoms with E-state index in [9.17, 15) is 4.39 Å². The van der Waals surface area contributed by atoms with E-state index < -0.39 is 0 Å². The van der Waals surface area contributed by atoms with Crippen LogP contribution in [0.4, 0.5) is 4.39 Å². The van der Waals surface area contributed by atoms with Gasteiger partial charge in [-0.25, -0.2) is 9.37 Å². The number of nitrogens with zero attached hydrogens (tertiary/aromatic N) is 3. The van der Waals surface area contributed by atoms with Crippen LogP contribution in [0, 0.1) is 5.82 Å². The summed E-state index contributed by atoms with van der Waals surface area (Å²) in [5, 5.41) is 6.51. The highest BCUT2D eigenvalue weighted by molar-refractivity contribution is 7.13. The molecule has 1 unspecified atom stereocenters. The Hall–Kier alpha value is -1.86. The number of benzene rings is 1. The smallest absolute Gasteiger partial charge is 0.123 e. The number of pyridine rings is 1. The van der Waals surface area contributed by atoms with E-state index in [0.29, 0.717) is 6.04 Å². The topological polar surface area (TPSA) is 41.1 Å². The molecule has 0 aliphatic carbocycles. The van der Waals surface area contributed by atoms with Crippen LogP contribution >= 0.6 is 23.7 Å². The summed E-state index contributed by atoms with van der Waals surface area (Å²) in [5.74, 6) is -0.221. The number of rotatable bonds is 4. The molecule has 7 heteroatoms. The molecule has 3 heterocycles. The number of aromatic nitrogens is 2. The number of piperazine rings is 1. The van der Waals surface area contributed by atoms with Gasteiger partial charge >= 0.3 is 0 Å². The fourth-order valence-corrected chi connectivity index (χ4v) is 3.98. The molecule has 3 aromatic rings. The van der Waals surface area contributed by atoms with E-state index in [4.69, 9.17) is 4.98 Å². The van der Waals surface area contributed by atoms with Gasteiger partial charge in [-0.2, -0.15) is 0 Å². The Balaban J connectivity index is 0.00000196. The van der Waals surface area contributed by atoms with Crippen LogP contribution in [0.2, 0.25) is 0 Å². The summed E-state index contributed by atoms with van der Waals surface area (Å²) in [6, 6.07) is 11.0. The summed E-state index contributed by atoms with van der Waals surface area (Å²) in [5.41, 5.74) is 3.30. The van der Waals surface area contributed by atoms with E-state index in [1.807, 2.05) is 12.4 Å². The van der Waals surface area contributed by atoms with Crippen molar-refractivity contribution >= 4 is 23.7 Å². The van der Waals surface area contributed by atoms with Crippen LogP contribution < -0.4 is 5.32 Å². The SMILES string of the molecule is Cl.Fc1ccc(-c2nc(CN3CCNCC3c3ccncc3)cs2)cc1. The third kappa shape index (κ3) is 4.27. The molecule has 0 amide bonds. The lowest BCUT2D eigenvalue weighted by Crippen LogP contribution is -2.45. The molecule has 2 aromatic heterocycles. The Morgan fingerprint density at radius 1 is 1.15 bits per heavy atom. The third-order valence-corrected chi connectivity index (χ3v) is 5.39. The maximum Gasteiger partial charge on any atom is 0.123 e. The van der Waals surface area contributed by atoms with Crippen molar-refractivity contribution < 1.29 is 4.39 Å². The molecule has 0 spiro atoms. The lowest BCUT2D eigenvalue weighted by Gasteiger charge is -2.36. The van der Waals surface area contributed by atoms with Gasteiger partial charge in [-0.3, -0.25) is 9.88 Å². The molecule has 1 aromatic carbocycles. The standard InChI is InChI=1S/C19H19FN4S.ClH/c20-16-3-1-15(2-4-16)19-23-17(13-25-19)12-24-10-9-22-11-18(24)14-5-7-21-8-6-14;/h1-8,13,18,22H,9-12H2;1H. The molecular weight excluding hydrogens is 371 g/mol. The van der Waals surface area contributed by atoms with Crippen molar-refractivity contribution in [3.05, 3.63) is 71.2 Å². The Labute approximate surface area is 162 Å². The van der Waals surface area contributed by atoms with Gasteiger partial charge in [0.05, 0.1) is 5.69 Å². The lowest BCUT2D eigenvalue weighted by atomic mass is 10.0. The molecule has 1 atom stereocenters. The van der Waals surface area contributed by atoms with E-state index in [-0.39, 0.29) is 18.2 Å². The molecule has 0 saturated carbocycles. The number of nitrogens with one attached hydrogen (secondary N) is 1. The molecule has 136 valence electrons. The van der Waals surface area contributed by atoms with Crippen LogP contribution in [-0.2, 0) is 6.54 Å². The number of thiazole rings is 1. The van der Waals surface area contributed by atoms with Gasteiger partial charge < -0.3 is 5.32 Å². The second kappa shape index (κ2) is 8.68. The van der Waals surface area contributed by atoms with E-state index in [1.165, 1.54) is 17.7 Å². The maximum atomic E-state index is 13.1. The van der Waals surface area contributed by atoms with E-state index in [2.05, 4.69) is 32.7 Å². The molecule has 1 N–H and O–H groups in total. The summed E-state index contributed by atoms with van der Waals surface area (Å²) in [4.78, 5) is 11.3. The Morgan fingerprint density at radius 2 is 1.92 bits per heavy atom. The van der Waals surface area contributed by atoms with Gasteiger partial charge in [0.25, 0.3) is 0 Å². The molecule has 0 bridgehead atoms. The number of hydrogen-bond acceptors (Lipinski definition) is 5. The van der Waals surface area contributed by atoms with Gasteiger partial charge in [0.1, 0.15) is 10.8 Å². The molecule has 4 rings (SSSR count). The minimum Gasteiger partial charge on any atom is -0.314 e. The minimum absolute atomic E-state index is 0. The van der Waals surface area contributed by atoms with Crippen molar-refractivity contribution in [2.45, 2.75) is 12.6 Å². The Kier molecular flexibility index (Phi) is 6.32. The fraction of sp³-hybridized carbons (Fsp3) is 0.263. The van der Waals surface area contributed by atoms with Crippen LogP contribution in [0.15, 0.2) is 54.2 Å². The first-order chi connectivity index (χ1) is 12.3. The molecular formula is C19H20ClFN4S. The second-order valence-electron chi connectivity index (χ2n) is 6.12. The minimum atomic E-state index is -0.221. The van der Waals surface area contributed by atoms with Crippen molar-refractivity contribution in [1.82, 2.24) is 20.2 Å². The molecule has 4 nitrogen and oxygen atoms in total. The van der Waals surface area contributed by atoms with Crippen LogP contribution in [0.3, 0.4) is 0 Å². The first kappa shape index (κ1) is 18.9. The Bertz CT molecular complexity index is 825. The molecule has 1 fully saturated rings. The zero-order valence-corrected chi connectivity index (χ0v) is 15.8. The van der Waals surface area contributed by atoms with Gasteiger partial charge in [-0.15, -0.1) is 23.7 Å². The maximum absolute atomic E-state index is 13.1. The van der Waals surface area contributed by atoms with Crippen molar-refractivity contribution in [3.8, 4) is 10.6 Å². The normalized spacial score (nSPS) is 17.7. The number of hydrogen-bond donors (Lipinski definition) is 1. The molecule has 1 aliphatic heterocycles. The van der Waals surface area contributed by atoms with Gasteiger partial charge in [0.2, 0.25) is 0 Å². The zero-order valence-electron chi connectivity index (χ0n) is 14.1. The summed E-state index contributed by atoms with van der Waals surface area (Å²) < 4.78 is 13.1. The van der Waals surface area contributed by atoms with Gasteiger partial charge in [0.15, 0.2) is 0 Å². The average Bonchev–Trinajstić information content (AvgIpc) is 3.12. The predicted molar refractivity (Wildman–Crippen MR) is 105 cm³/mol. The van der Waals surface area contributed by atoms with E-state index in [1.54, 1.807) is 23.5 Å². The molecule has 26 heavy (non-hydrogen) atoms. The van der Waals surface area contributed by atoms with Crippen LogP contribution in [-0.4, -0.2) is 34.5 Å². The Morgan fingerprint density at radius 3 is 2.69 bits per heavy atom. The van der Waals surface area contributed by atoms with Gasteiger partial charge in [0, 0.05) is 55.6 Å². The molecule has 1 aliphatic rings. The van der Waals surface area contributed by atoms with Crippen molar-refractivity contribution in [1.29, 1.82) is 0 Å². The van der Waals surface area contributed by atoms with Crippen LogP contribution in [0.5, 0.6) is 0 Å². The van der Waals surface area contributed by atoms with Crippen molar-refractivity contribution in [2.75, 3.05) is 19.6 Å². The summed E-state index contributed by atoms with van der Waals surface area (Å²) in [6.07, 6.45) is 3.69. The first-order valence-electron chi connectivity index (χ1n) is 8.34. The summed E-state index contributed by atoms with van der Waals surface area (Å²) >= 11 is 1.61. The van der Waals surface area contributed by atoms with Gasteiger partial charge in [-0.1, -0.05) is 0 Å².